The topological polar surface area (TPSA) is 10.4 Å². The summed E-state index contributed by atoms with van der Waals surface area (Å²) < 4.78 is 3.44. The van der Waals surface area contributed by atoms with Gasteiger partial charge < -0.3 is 9.38 Å². The molecule has 0 saturated carbocycles. The minimum atomic E-state index is 0.949. The van der Waals surface area contributed by atoms with Gasteiger partial charge in [-0.3, -0.25) is 4.90 Å². The molecule has 5 heteroatoms. The van der Waals surface area contributed by atoms with Gasteiger partial charge in [0.15, 0.2) is 0 Å². The van der Waals surface area contributed by atoms with Gasteiger partial charge in [0.25, 0.3) is 5.82 Å². The maximum absolute atomic E-state index is 2.54. The summed E-state index contributed by atoms with van der Waals surface area (Å²) in [7, 11) is 6.81. The Bertz CT molecular complexity index is 1430. The highest BCUT2D eigenvalue weighted by Gasteiger charge is 2.27. The number of aromatic nitrogens is 1. The normalized spacial score (nSPS) is 14.4. The van der Waals surface area contributed by atoms with E-state index in [1.807, 2.05) is 11.8 Å². The van der Waals surface area contributed by atoms with E-state index in [2.05, 4.69) is 140 Å². The monoisotopic (exact) mass is 510 g/mol. The molecule has 3 aromatic carbocycles. The molecular weight excluding hydrogens is 472 g/mol. The Balaban J connectivity index is 1.69. The summed E-state index contributed by atoms with van der Waals surface area (Å²) >= 11 is 1.85. The molecule has 0 fully saturated rings. The lowest BCUT2D eigenvalue weighted by Gasteiger charge is -2.30. The Morgan fingerprint density at radius 3 is 2.35 bits per heavy atom. The molecule has 4 nitrogen and oxygen atoms in total. The summed E-state index contributed by atoms with van der Waals surface area (Å²) in [6.45, 7) is 8.70. The fourth-order valence-electron chi connectivity index (χ4n) is 4.88. The van der Waals surface area contributed by atoms with E-state index in [4.69, 9.17) is 0 Å². The number of quaternary nitrogens is 1. The molecule has 5 rings (SSSR count). The zero-order valence-corrected chi connectivity index (χ0v) is 23.5. The van der Waals surface area contributed by atoms with Gasteiger partial charge in [-0.25, -0.2) is 0 Å². The first-order valence-electron chi connectivity index (χ1n) is 13.2. The van der Waals surface area contributed by atoms with Gasteiger partial charge in [-0.05, 0) is 55.8 Å². The van der Waals surface area contributed by atoms with E-state index >= 15 is 0 Å². The Kier molecular flexibility index (Phi) is 7.27. The molecule has 2 heterocycles. The van der Waals surface area contributed by atoms with Crippen LogP contribution < -0.4 is 14.4 Å². The van der Waals surface area contributed by atoms with Gasteiger partial charge in [0.2, 0.25) is 0 Å². The molecule has 0 bridgehead atoms. The smallest absolute Gasteiger partial charge is 0.283 e. The highest BCUT2D eigenvalue weighted by atomic mass is 32.2. The van der Waals surface area contributed by atoms with E-state index in [0.29, 0.717) is 0 Å². The maximum Gasteiger partial charge on any atom is 0.283 e. The first-order valence-corrected chi connectivity index (χ1v) is 14.1. The third kappa shape index (κ3) is 5.11. The van der Waals surface area contributed by atoms with Crippen LogP contribution in [0.15, 0.2) is 94.9 Å². The van der Waals surface area contributed by atoms with E-state index in [1.165, 1.54) is 43.6 Å². The molecule has 0 atom stereocenters. The average Bonchev–Trinajstić information content (AvgIpc) is 3.24. The predicted molar refractivity (Wildman–Crippen MR) is 160 cm³/mol. The molecule has 1 aliphatic heterocycles. The molecule has 37 heavy (non-hydrogen) atoms. The molecule has 0 aliphatic carbocycles. The molecular formula is C32H38N4S+2. The minimum absolute atomic E-state index is 0.949. The number of pyridine rings is 1. The first kappa shape index (κ1) is 25.4. The number of fused-ring (bicyclic) bond motifs is 2. The number of likely N-dealkylation sites (N-methyl/N-ethyl adjacent to an activating group) is 2. The number of thioether (sulfide) groups is 1. The van der Waals surface area contributed by atoms with Crippen LogP contribution in [0.25, 0.3) is 22.7 Å². The largest absolute Gasteiger partial charge is 0.338 e. The predicted octanol–water partition coefficient (Wildman–Crippen LogP) is 6.58. The van der Waals surface area contributed by atoms with Gasteiger partial charge in [0, 0.05) is 23.4 Å². The van der Waals surface area contributed by atoms with Crippen molar-refractivity contribution in [2.75, 3.05) is 57.1 Å². The molecule has 4 aromatic rings. The summed E-state index contributed by atoms with van der Waals surface area (Å²) in [6.07, 6.45) is 2.37. The Hall–Kier alpha value is -3.28. The second-order valence-corrected chi connectivity index (χ2v) is 11.4. The first-order chi connectivity index (χ1) is 17.9. The van der Waals surface area contributed by atoms with Crippen LogP contribution in [0.3, 0.4) is 0 Å². The van der Waals surface area contributed by atoms with Crippen molar-refractivity contribution < 1.29 is 9.05 Å². The fourth-order valence-corrected chi connectivity index (χ4v) is 5.98. The highest BCUT2D eigenvalue weighted by molar-refractivity contribution is 8.03. The van der Waals surface area contributed by atoms with Crippen LogP contribution in [0.1, 0.15) is 19.4 Å². The van der Waals surface area contributed by atoms with Crippen molar-refractivity contribution in [3.8, 4) is 5.69 Å². The molecule has 1 aromatic heterocycles. The van der Waals surface area contributed by atoms with Crippen LogP contribution >= 0.6 is 11.8 Å². The summed E-state index contributed by atoms with van der Waals surface area (Å²) in [6, 6.07) is 30.6. The molecule has 190 valence electrons. The molecule has 0 unspecified atom stereocenters. The number of rotatable bonds is 8. The average molecular weight is 511 g/mol. The second kappa shape index (κ2) is 10.6. The number of para-hydroxylation sites is 3. The zero-order valence-electron chi connectivity index (χ0n) is 22.7. The van der Waals surface area contributed by atoms with E-state index in [9.17, 15) is 0 Å². The number of anilines is 2. The third-order valence-electron chi connectivity index (χ3n) is 7.57. The van der Waals surface area contributed by atoms with Crippen molar-refractivity contribution in [3.05, 3.63) is 95.5 Å². The van der Waals surface area contributed by atoms with Gasteiger partial charge in [-0.1, -0.05) is 60.3 Å². The zero-order chi connectivity index (χ0) is 26.0. The van der Waals surface area contributed by atoms with Crippen molar-refractivity contribution in [2.45, 2.75) is 18.7 Å². The molecule has 0 N–H and O–H groups in total. The Labute approximate surface area is 226 Å². The Morgan fingerprint density at radius 1 is 0.919 bits per heavy atom. The van der Waals surface area contributed by atoms with E-state index < -0.39 is 0 Å². The van der Waals surface area contributed by atoms with Crippen molar-refractivity contribution >= 4 is 40.2 Å². The number of nitrogens with zero attached hydrogens (tertiary/aromatic N) is 4. The van der Waals surface area contributed by atoms with E-state index in [-0.39, 0.29) is 0 Å². The SMILES string of the molecule is CCN(CC[N+](C)(C)CC)c1cc(C=C2Sc3ccccc3N2C)c2ccccc2[n+]1-c1ccccc1. The minimum Gasteiger partial charge on any atom is -0.338 e. The third-order valence-corrected chi connectivity index (χ3v) is 8.74. The fraction of sp³-hybridized carbons (Fsp3) is 0.281. The Morgan fingerprint density at radius 2 is 1.62 bits per heavy atom. The maximum atomic E-state index is 2.54. The van der Waals surface area contributed by atoms with Crippen molar-refractivity contribution in [1.29, 1.82) is 0 Å². The molecule has 0 spiro atoms. The number of benzene rings is 3. The van der Waals surface area contributed by atoms with E-state index in [0.717, 1.165) is 30.7 Å². The lowest BCUT2D eigenvalue weighted by molar-refractivity contribution is -0.887. The summed E-state index contributed by atoms with van der Waals surface area (Å²) in [5.41, 5.74) is 4.94. The lowest BCUT2D eigenvalue weighted by atomic mass is 10.1. The van der Waals surface area contributed by atoms with Crippen LogP contribution in [0, 0.1) is 0 Å². The molecule has 0 saturated heterocycles. The second-order valence-electron chi connectivity index (χ2n) is 10.3. The quantitative estimate of drug-likeness (QED) is 0.196. The summed E-state index contributed by atoms with van der Waals surface area (Å²) in [5, 5.41) is 2.51. The van der Waals surface area contributed by atoms with Crippen LogP contribution in [0.4, 0.5) is 11.5 Å². The molecule has 1 aliphatic rings. The summed E-state index contributed by atoms with van der Waals surface area (Å²) in [5.74, 6) is 1.23. The van der Waals surface area contributed by atoms with Gasteiger partial charge in [-0.2, -0.15) is 4.57 Å². The summed E-state index contributed by atoms with van der Waals surface area (Å²) in [4.78, 5) is 6.16. The van der Waals surface area contributed by atoms with Gasteiger partial charge in [0.1, 0.15) is 24.3 Å². The molecule has 0 amide bonds. The highest BCUT2D eigenvalue weighted by Crippen LogP contribution is 2.45. The van der Waals surface area contributed by atoms with Crippen molar-refractivity contribution in [2.24, 2.45) is 0 Å². The lowest BCUT2D eigenvalue weighted by Crippen LogP contribution is -2.48. The number of hydrogen-bond donors (Lipinski definition) is 0. The standard InChI is InChI=1S/C32H38N4S/c1-6-34(21-22-36(4,5)7-2)31-23-25(24-32-33(3)29-19-13-14-20-30(29)37-32)27-17-11-12-18-28(27)35(31)26-15-9-8-10-16-26/h8-20,23-24H,6-7,21-22H2,1-5H3/q+2. The van der Waals surface area contributed by atoms with Gasteiger partial charge in [0.05, 0.1) is 37.9 Å². The molecule has 0 radical (unpaired) electrons. The van der Waals surface area contributed by atoms with Crippen LogP contribution in [0.2, 0.25) is 0 Å². The van der Waals surface area contributed by atoms with Gasteiger partial charge in [-0.15, -0.1) is 0 Å². The van der Waals surface area contributed by atoms with Crippen LogP contribution in [-0.4, -0.2) is 51.8 Å². The number of hydrogen-bond acceptors (Lipinski definition) is 3. The van der Waals surface area contributed by atoms with Crippen molar-refractivity contribution in [3.63, 3.8) is 0 Å². The van der Waals surface area contributed by atoms with Gasteiger partial charge >= 0.3 is 0 Å². The van der Waals surface area contributed by atoms with Crippen molar-refractivity contribution in [1.82, 2.24) is 0 Å². The van der Waals surface area contributed by atoms with Crippen LogP contribution in [-0.2, 0) is 0 Å². The van der Waals surface area contributed by atoms with Crippen LogP contribution in [0.5, 0.6) is 0 Å². The van der Waals surface area contributed by atoms with E-state index in [1.54, 1.807) is 0 Å².